The van der Waals surface area contributed by atoms with E-state index in [1.807, 2.05) is 48.7 Å². The normalized spacial score (nSPS) is 10.9. The molecule has 0 aliphatic heterocycles. The van der Waals surface area contributed by atoms with Crippen LogP contribution in [-0.4, -0.2) is 18.5 Å². The van der Waals surface area contributed by atoms with Crippen LogP contribution in [0.25, 0.3) is 17.2 Å². The van der Waals surface area contributed by atoms with E-state index in [4.69, 9.17) is 16.3 Å². The maximum Gasteiger partial charge on any atom is 0.341 e. The highest BCUT2D eigenvalue weighted by Crippen LogP contribution is 2.36. The molecule has 3 rings (SSSR count). The van der Waals surface area contributed by atoms with Crippen LogP contribution in [0.1, 0.15) is 28.4 Å². The molecule has 0 atom stereocenters. The highest BCUT2D eigenvalue weighted by atomic mass is 35.5. The fourth-order valence-corrected chi connectivity index (χ4v) is 3.79. The molecule has 1 N–H and O–H groups in total. The number of carbonyl (C=O) groups excluding carboxylic acids is 2. The number of esters is 1. The van der Waals surface area contributed by atoms with Crippen LogP contribution >= 0.6 is 22.9 Å². The molecule has 0 saturated carbocycles. The number of rotatable bonds is 6. The summed E-state index contributed by atoms with van der Waals surface area (Å²) >= 11 is 7.17. The first-order valence-electron chi connectivity index (χ1n) is 9.08. The summed E-state index contributed by atoms with van der Waals surface area (Å²) < 4.78 is 5.22. The van der Waals surface area contributed by atoms with Crippen LogP contribution in [0.4, 0.5) is 5.00 Å². The summed E-state index contributed by atoms with van der Waals surface area (Å²) in [6.45, 7) is 4.01. The lowest BCUT2D eigenvalue weighted by Gasteiger charge is -2.08. The molecule has 1 amide bonds. The van der Waals surface area contributed by atoms with Crippen LogP contribution in [0.3, 0.4) is 0 Å². The first-order valence-corrected chi connectivity index (χ1v) is 10.3. The molecular formula is C23H20ClNO3S. The van der Waals surface area contributed by atoms with E-state index >= 15 is 0 Å². The second-order valence-corrected chi connectivity index (χ2v) is 7.63. The molecule has 4 nitrogen and oxygen atoms in total. The van der Waals surface area contributed by atoms with Gasteiger partial charge in [0.2, 0.25) is 5.91 Å². The highest BCUT2D eigenvalue weighted by Gasteiger charge is 2.22. The molecule has 0 bridgehead atoms. The number of halogens is 1. The van der Waals surface area contributed by atoms with Gasteiger partial charge in [0.05, 0.1) is 6.61 Å². The second-order valence-electron chi connectivity index (χ2n) is 6.31. The van der Waals surface area contributed by atoms with Crippen molar-refractivity contribution in [3.05, 3.63) is 81.7 Å². The van der Waals surface area contributed by atoms with E-state index in [0.29, 0.717) is 15.6 Å². The summed E-state index contributed by atoms with van der Waals surface area (Å²) in [5, 5.41) is 5.75. The molecule has 0 spiro atoms. The fraction of sp³-hybridized carbons (Fsp3) is 0.130. The van der Waals surface area contributed by atoms with Gasteiger partial charge in [0.25, 0.3) is 0 Å². The number of aryl methyl sites for hydroxylation is 1. The minimum Gasteiger partial charge on any atom is -0.462 e. The molecule has 0 fully saturated rings. The number of benzene rings is 2. The molecule has 3 aromatic rings. The van der Waals surface area contributed by atoms with E-state index in [2.05, 4.69) is 5.32 Å². The molecule has 2 aromatic carbocycles. The summed E-state index contributed by atoms with van der Waals surface area (Å²) in [4.78, 5) is 25.0. The van der Waals surface area contributed by atoms with Crippen molar-refractivity contribution in [2.45, 2.75) is 13.8 Å². The van der Waals surface area contributed by atoms with E-state index in [1.165, 1.54) is 17.4 Å². The van der Waals surface area contributed by atoms with Gasteiger partial charge >= 0.3 is 5.97 Å². The lowest BCUT2D eigenvalue weighted by Crippen LogP contribution is -2.12. The van der Waals surface area contributed by atoms with Crippen molar-refractivity contribution in [2.24, 2.45) is 0 Å². The average Bonchev–Trinajstić information content (AvgIpc) is 3.12. The van der Waals surface area contributed by atoms with E-state index in [0.717, 1.165) is 22.3 Å². The number of ether oxygens (including phenoxy) is 1. The maximum absolute atomic E-state index is 12.6. The Morgan fingerprint density at radius 1 is 1.10 bits per heavy atom. The number of amides is 1. The van der Waals surface area contributed by atoms with Crippen LogP contribution in [0.2, 0.25) is 5.02 Å². The number of carbonyl (C=O) groups is 2. The molecule has 29 heavy (non-hydrogen) atoms. The van der Waals surface area contributed by atoms with Gasteiger partial charge in [0.15, 0.2) is 0 Å². The summed E-state index contributed by atoms with van der Waals surface area (Å²) in [6.07, 6.45) is 3.10. The SMILES string of the molecule is CCOC(=O)c1c(-c2ccc(C)cc2)csc1NC(=O)C=Cc1ccc(Cl)cc1. The third kappa shape index (κ3) is 5.34. The van der Waals surface area contributed by atoms with E-state index in [9.17, 15) is 9.59 Å². The van der Waals surface area contributed by atoms with Gasteiger partial charge in [-0.15, -0.1) is 11.3 Å². The van der Waals surface area contributed by atoms with Gasteiger partial charge in [-0.05, 0) is 43.2 Å². The van der Waals surface area contributed by atoms with Crippen LogP contribution in [0.15, 0.2) is 60.0 Å². The minimum absolute atomic E-state index is 0.256. The average molecular weight is 426 g/mol. The lowest BCUT2D eigenvalue weighted by molar-refractivity contribution is -0.111. The number of thiophene rings is 1. The zero-order valence-electron chi connectivity index (χ0n) is 16.1. The van der Waals surface area contributed by atoms with Gasteiger partial charge in [0.1, 0.15) is 10.6 Å². The van der Waals surface area contributed by atoms with Gasteiger partial charge in [-0.1, -0.05) is 53.6 Å². The van der Waals surface area contributed by atoms with Crippen molar-refractivity contribution in [3.63, 3.8) is 0 Å². The molecule has 1 aromatic heterocycles. The molecular weight excluding hydrogens is 406 g/mol. The molecule has 0 aliphatic rings. The highest BCUT2D eigenvalue weighted by molar-refractivity contribution is 7.15. The number of nitrogens with one attached hydrogen (secondary N) is 1. The van der Waals surface area contributed by atoms with Crippen LogP contribution in [0.5, 0.6) is 0 Å². The summed E-state index contributed by atoms with van der Waals surface area (Å²) in [7, 11) is 0. The zero-order chi connectivity index (χ0) is 20.8. The maximum atomic E-state index is 12.6. The Morgan fingerprint density at radius 2 is 1.79 bits per heavy atom. The van der Waals surface area contributed by atoms with E-state index < -0.39 is 5.97 Å². The summed E-state index contributed by atoms with van der Waals surface area (Å²) in [5.74, 6) is -0.788. The van der Waals surface area contributed by atoms with Gasteiger partial charge in [0, 0.05) is 22.0 Å². The second kappa shape index (κ2) is 9.54. The zero-order valence-corrected chi connectivity index (χ0v) is 17.6. The number of hydrogen-bond acceptors (Lipinski definition) is 4. The Morgan fingerprint density at radius 3 is 2.45 bits per heavy atom. The van der Waals surface area contributed by atoms with Gasteiger partial charge < -0.3 is 10.1 Å². The van der Waals surface area contributed by atoms with Crippen molar-refractivity contribution >= 4 is 45.9 Å². The third-order valence-corrected chi connectivity index (χ3v) is 5.31. The summed E-state index contributed by atoms with van der Waals surface area (Å²) in [5.41, 5.74) is 3.98. The fourth-order valence-electron chi connectivity index (χ4n) is 2.70. The molecule has 0 unspecified atom stereocenters. The van der Waals surface area contributed by atoms with Gasteiger partial charge in [-0.25, -0.2) is 4.79 Å². The topological polar surface area (TPSA) is 55.4 Å². The summed E-state index contributed by atoms with van der Waals surface area (Å²) in [6, 6.07) is 15.0. The predicted octanol–water partition coefficient (Wildman–Crippen LogP) is 6.21. The Kier molecular flexibility index (Phi) is 6.86. The quantitative estimate of drug-likeness (QED) is 0.377. The Labute approximate surface area is 178 Å². The molecule has 148 valence electrons. The Balaban J connectivity index is 1.86. The van der Waals surface area contributed by atoms with Crippen molar-refractivity contribution < 1.29 is 14.3 Å². The van der Waals surface area contributed by atoms with E-state index in [1.54, 1.807) is 25.1 Å². The largest absolute Gasteiger partial charge is 0.462 e. The smallest absolute Gasteiger partial charge is 0.341 e. The van der Waals surface area contributed by atoms with Crippen molar-refractivity contribution in [2.75, 3.05) is 11.9 Å². The molecule has 6 heteroatoms. The standard InChI is InChI=1S/C23H20ClNO3S/c1-3-28-23(27)21-19(17-9-4-15(2)5-10-17)14-29-22(21)25-20(26)13-8-16-6-11-18(24)12-7-16/h4-14H,3H2,1-2H3,(H,25,26). The molecule has 0 aliphatic carbocycles. The van der Waals surface area contributed by atoms with Crippen LogP contribution in [0, 0.1) is 6.92 Å². The lowest BCUT2D eigenvalue weighted by atomic mass is 10.0. The monoisotopic (exact) mass is 425 g/mol. The molecule has 1 heterocycles. The van der Waals surface area contributed by atoms with Crippen molar-refractivity contribution in [1.29, 1.82) is 0 Å². The van der Waals surface area contributed by atoms with Crippen LogP contribution in [-0.2, 0) is 9.53 Å². The molecule has 0 radical (unpaired) electrons. The number of hydrogen-bond donors (Lipinski definition) is 1. The minimum atomic E-state index is -0.457. The predicted molar refractivity (Wildman–Crippen MR) is 120 cm³/mol. The number of anilines is 1. The molecule has 0 saturated heterocycles. The van der Waals surface area contributed by atoms with Crippen molar-refractivity contribution in [1.82, 2.24) is 0 Å². The van der Waals surface area contributed by atoms with Crippen LogP contribution < -0.4 is 5.32 Å². The van der Waals surface area contributed by atoms with Gasteiger partial charge in [-0.3, -0.25) is 4.79 Å². The third-order valence-electron chi connectivity index (χ3n) is 4.17. The van der Waals surface area contributed by atoms with E-state index in [-0.39, 0.29) is 12.5 Å². The Hall–Kier alpha value is -2.89. The van der Waals surface area contributed by atoms with Gasteiger partial charge in [-0.2, -0.15) is 0 Å². The van der Waals surface area contributed by atoms with Crippen molar-refractivity contribution in [3.8, 4) is 11.1 Å². The Bertz CT molecular complexity index is 1040. The first kappa shape index (κ1) is 20.8. The first-order chi connectivity index (χ1) is 14.0.